The average molecular weight is 368 g/mol. The second-order valence-corrected chi connectivity index (χ2v) is 7.53. The smallest absolute Gasteiger partial charge is 0.211 e. The topological polar surface area (TPSA) is 34.9 Å². The van der Waals surface area contributed by atoms with Crippen LogP contribution in [0.25, 0.3) is 22.0 Å². The third kappa shape index (κ3) is 3.13. The van der Waals surface area contributed by atoms with E-state index in [1.54, 1.807) is 6.92 Å². The Labute approximate surface area is 165 Å². The summed E-state index contributed by atoms with van der Waals surface area (Å²) in [5.41, 5.74) is 8.31. The van der Waals surface area contributed by atoms with E-state index in [2.05, 4.69) is 56.2 Å². The Bertz CT molecular complexity index is 1210. The van der Waals surface area contributed by atoms with Crippen LogP contribution < -0.4 is 5.43 Å². The fourth-order valence-electron chi connectivity index (χ4n) is 4.15. The molecule has 0 aliphatic rings. The van der Waals surface area contributed by atoms with Crippen molar-refractivity contribution >= 4 is 10.9 Å². The molecule has 0 N–H and O–H groups in total. The Hall–Kier alpha value is -3.20. The third-order valence-corrected chi connectivity index (χ3v) is 5.27. The van der Waals surface area contributed by atoms with Crippen LogP contribution in [0, 0.1) is 27.7 Å². The van der Waals surface area contributed by atoms with Gasteiger partial charge in [-0.05, 0) is 61.6 Å². The molecule has 0 saturated carbocycles. The van der Waals surface area contributed by atoms with E-state index in [9.17, 15) is 4.79 Å². The number of fused-ring (bicyclic) bond motifs is 1. The summed E-state index contributed by atoms with van der Waals surface area (Å²) in [5, 5.41) is 5.34. The molecule has 0 fully saturated rings. The summed E-state index contributed by atoms with van der Waals surface area (Å²) >= 11 is 0. The van der Waals surface area contributed by atoms with Crippen LogP contribution in [-0.2, 0) is 6.54 Å². The molecule has 1 aromatic heterocycles. The van der Waals surface area contributed by atoms with E-state index in [-0.39, 0.29) is 5.43 Å². The normalized spacial score (nSPS) is 11.1. The molecule has 3 nitrogen and oxygen atoms in total. The number of aromatic nitrogens is 2. The number of nitrogens with zero attached hydrogens (tertiary/aromatic N) is 2. The van der Waals surface area contributed by atoms with E-state index < -0.39 is 0 Å². The number of hydrogen-bond acceptors (Lipinski definition) is 2. The second kappa shape index (κ2) is 7.08. The lowest BCUT2D eigenvalue weighted by Gasteiger charge is -2.17. The zero-order valence-corrected chi connectivity index (χ0v) is 16.8. The first-order valence-electron chi connectivity index (χ1n) is 9.58. The summed E-state index contributed by atoms with van der Waals surface area (Å²) in [6.45, 7) is 8.77. The average Bonchev–Trinajstić information content (AvgIpc) is 2.66. The summed E-state index contributed by atoms with van der Waals surface area (Å²) in [6.07, 6.45) is 0. The molecule has 4 aromatic rings. The lowest BCUT2D eigenvalue weighted by molar-refractivity contribution is 0.682. The molecule has 4 rings (SSSR count). The van der Waals surface area contributed by atoms with Gasteiger partial charge in [0.25, 0.3) is 0 Å². The van der Waals surface area contributed by atoms with Crippen LogP contribution in [0.3, 0.4) is 0 Å². The molecule has 0 aliphatic carbocycles. The first-order chi connectivity index (χ1) is 13.5. The van der Waals surface area contributed by atoms with Crippen LogP contribution in [0.2, 0.25) is 0 Å². The lowest BCUT2D eigenvalue weighted by Crippen LogP contribution is -2.18. The molecule has 0 bridgehead atoms. The van der Waals surface area contributed by atoms with E-state index in [0.29, 0.717) is 12.2 Å². The molecule has 0 saturated heterocycles. The van der Waals surface area contributed by atoms with Gasteiger partial charge in [0.2, 0.25) is 5.43 Å². The second-order valence-electron chi connectivity index (χ2n) is 7.53. The van der Waals surface area contributed by atoms with Crippen molar-refractivity contribution in [1.82, 2.24) is 9.78 Å². The van der Waals surface area contributed by atoms with Gasteiger partial charge in [0, 0.05) is 0 Å². The van der Waals surface area contributed by atoms with Gasteiger partial charge in [-0.15, -0.1) is 0 Å². The molecule has 0 aliphatic heterocycles. The first kappa shape index (κ1) is 18.2. The van der Waals surface area contributed by atoms with Gasteiger partial charge in [-0.3, -0.25) is 9.48 Å². The molecule has 0 amide bonds. The highest BCUT2D eigenvalue weighted by Gasteiger charge is 2.16. The van der Waals surface area contributed by atoms with Crippen LogP contribution in [0.4, 0.5) is 0 Å². The first-order valence-corrected chi connectivity index (χ1v) is 9.58. The standard InChI is InChI=1S/C25H24N2O/c1-16-13-17(2)23(18(3)14-16)21-11-8-12-22-24(21)25(28)19(4)26-27(22)15-20-9-6-5-7-10-20/h5-14H,15H2,1-4H3. The largest absolute Gasteiger partial charge is 0.287 e. The summed E-state index contributed by atoms with van der Waals surface area (Å²) < 4.78 is 1.95. The van der Waals surface area contributed by atoms with Crippen molar-refractivity contribution in [1.29, 1.82) is 0 Å². The predicted molar refractivity (Wildman–Crippen MR) is 116 cm³/mol. The van der Waals surface area contributed by atoms with Gasteiger partial charge in [0.15, 0.2) is 0 Å². The Morgan fingerprint density at radius 1 is 0.857 bits per heavy atom. The van der Waals surface area contributed by atoms with Gasteiger partial charge in [-0.1, -0.05) is 60.2 Å². The van der Waals surface area contributed by atoms with E-state index >= 15 is 0 Å². The minimum atomic E-state index is 0.00860. The summed E-state index contributed by atoms with van der Waals surface area (Å²) in [6, 6.07) is 20.7. The molecule has 3 aromatic carbocycles. The van der Waals surface area contributed by atoms with Gasteiger partial charge in [0.05, 0.1) is 17.4 Å². The monoisotopic (exact) mass is 368 g/mol. The van der Waals surface area contributed by atoms with Gasteiger partial charge in [-0.2, -0.15) is 5.10 Å². The zero-order chi connectivity index (χ0) is 19.8. The number of aryl methyl sites for hydroxylation is 4. The third-order valence-electron chi connectivity index (χ3n) is 5.27. The molecule has 140 valence electrons. The molecule has 0 unspecified atom stereocenters. The van der Waals surface area contributed by atoms with Gasteiger partial charge < -0.3 is 0 Å². The zero-order valence-electron chi connectivity index (χ0n) is 16.8. The Morgan fingerprint density at radius 3 is 2.21 bits per heavy atom. The van der Waals surface area contributed by atoms with Crippen molar-refractivity contribution in [3.63, 3.8) is 0 Å². The van der Waals surface area contributed by atoms with Crippen LogP contribution in [0.5, 0.6) is 0 Å². The van der Waals surface area contributed by atoms with Crippen LogP contribution >= 0.6 is 0 Å². The molecule has 0 spiro atoms. The molecular formula is C25H24N2O. The minimum absolute atomic E-state index is 0.00860. The highest BCUT2D eigenvalue weighted by Crippen LogP contribution is 2.32. The van der Waals surface area contributed by atoms with Crippen LogP contribution in [-0.4, -0.2) is 9.78 Å². The maximum atomic E-state index is 13.1. The quantitative estimate of drug-likeness (QED) is 0.489. The van der Waals surface area contributed by atoms with Crippen molar-refractivity contribution in [3.8, 4) is 11.1 Å². The van der Waals surface area contributed by atoms with E-state index in [4.69, 9.17) is 0 Å². The molecule has 0 atom stereocenters. The summed E-state index contributed by atoms with van der Waals surface area (Å²) in [7, 11) is 0. The van der Waals surface area contributed by atoms with Crippen molar-refractivity contribution in [2.75, 3.05) is 0 Å². The number of hydrogen-bond donors (Lipinski definition) is 0. The van der Waals surface area contributed by atoms with Crippen molar-refractivity contribution < 1.29 is 0 Å². The summed E-state index contributed by atoms with van der Waals surface area (Å²) in [4.78, 5) is 13.1. The van der Waals surface area contributed by atoms with E-state index in [1.807, 2.05) is 35.0 Å². The Balaban J connectivity index is 2.02. The van der Waals surface area contributed by atoms with E-state index in [1.165, 1.54) is 16.7 Å². The number of rotatable bonds is 3. The molecule has 28 heavy (non-hydrogen) atoms. The van der Waals surface area contributed by atoms with Crippen LogP contribution in [0.15, 0.2) is 65.5 Å². The van der Waals surface area contributed by atoms with E-state index in [0.717, 1.165) is 27.6 Å². The Kier molecular flexibility index (Phi) is 4.60. The molecule has 1 heterocycles. The fourth-order valence-corrected chi connectivity index (χ4v) is 4.15. The molecular weight excluding hydrogens is 344 g/mol. The summed E-state index contributed by atoms with van der Waals surface area (Å²) in [5.74, 6) is 0. The highest BCUT2D eigenvalue weighted by atomic mass is 16.1. The predicted octanol–water partition coefficient (Wildman–Crippen LogP) is 5.35. The fraction of sp³-hybridized carbons (Fsp3) is 0.200. The van der Waals surface area contributed by atoms with Crippen molar-refractivity contribution in [3.05, 3.63) is 98.8 Å². The lowest BCUT2D eigenvalue weighted by atomic mass is 9.91. The van der Waals surface area contributed by atoms with Gasteiger partial charge in [0.1, 0.15) is 5.69 Å². The van der Waals surface area contributed by atoms with Gasteiger partial charge >= 0.3 is 0 Å². The minimum Gasteiger partial charge on any atom is -0.287 e. The van der Waals surface area contributed by atoms with Crippen molar-refractivity contribution in [2.45, 2.75) is 34.2 Å². The van der Waals surface area contributed by atoms with Gasteiger partial charge in [-0.25, -0.2) is 0 Å². The maximum absolute atomic E-state index is 13.1. The highest BCUT2D eigenvalue weighted by molar-refractivity contribution is 5.96. The number of benzene rings is 3. The van der Waals surface area contributed by atoms with Crippen LogP contribution in [0.1, 0.15) is 27.9 Å². The molecule has 0 radical (unpaired) electrons. The van der Waals surface area contributed by atoms with Crippen molar-refractivity contribution in [2.24, 2.45) is 0 Å². The molecule has 3 heteroatoms. The maximum Gasteiger partial charge on any atom is 0.211 e. The Morgan fingerprint density at radius 2 is 1.54 bits per heavy atom. The SMILES string of the molecule is Cc1cc(C)c(-c2cccc3c2c(=O)c(C)nn3Cc2ccccc2)c(C)c1.